The van der Waals surface area contributed by atoms with Crippen LogP contribution in [-0.4, -0.2) is 34.5 Å². The second-order valence-corrected chi connectivity index (χ2v) is 8.14. The average Bonchev–Trinajstić information content (AvgIpc) is 3.29. The molecule has 0 fully saturated rings. The normalized spacial score (nSPS) is 13.4. The van der Waals surface area contributed by atoms with Crippen LogP contribution < -0.4 is 5.32 Å². The van der Waals surface area contributed by atoms with E-state index in [1.165, 1.54) is 12.3 Å². The number of fused-ring (bicyclic) bond motifs is 1. The van der Waals surface area contributed by atoms with Gasteiger partial charge in [-0.05, 0) is 24.3 Å². The Morgan fingerprint density at radius 3 is 2.59 bits per heavy atom. The summed E-state index contributed by atoms with van der Waals surface area (Å²) in [7, 11) is -3.59. The van der Waals surface area contributed by atoms with E-state index >= 15 is 0 Å². The van der Waals surface area contributed by atoms with Crippen LogP contribution in [0.25, 0.3) is 0 Å². The van der Waals surface area contributed by atoms with E-state index in [-0.39, 0.29) is 22.4 Å². The van der Waals surface area contributed by atoms with Crippen LogP contribution in [0.15, 0.2) is 64.6 Å². The van der Waals surface area contributed by atoms with E-state index < -0.39 is 9.84 Å². The predicted octanol–water partition coefficient (Wildman–Crippen LogP) is 1.86. The molecule has 3 aromatic rings. The van der Waals surface area contributed by atoms with Gasteiger partial charge >= 0.3 is 6.03 Å². The van der Waals surface area contributed by atoms with E-state index in [0.717, 1.165) is 11.3 Å². The number of H-pyrrole nitrogens is 1. The third-order valence-electron chi connectivity index (χ3n) is 4.39. The number of nitrogens with zero attached hydrogens (tertiary/aromatic N) is 3. The van der Waals surface area contributed by atoms with Crippen LogP contribution in [0.1, 0.15) is 17.0 Å². The molecule has 0 bridgehead atoms. The first-order valence-corrected chi connectivity index (χ1v) is 9.81. The quantitative estimate of drug-likeness (QED) is 0.715. The Labute approximate surface area is 156 Å². The minimum atomic E-state index is -3.59. The fraction of sp³-hybridized carbons (Fsp3) is 0.167. The summed E-state index contributed by atoms with van der Waals surface area (Å²) in [4.78, 5) is 18.4. The summed E-state index contributed by atoms with van der Waals surface area (Å²) in [6, 6.07) is 11.1. The number of nitrogens with one attached hydrogen (secondary N) is 2. The number of urea groups is 1. The maximum atomic E-state index is 12.5. The lowest BCUT2D eigenvalue weighted by molar-refractivity contribution is 0.197. The van der Waals surface area contributed by atoms with Crippen molar-refractivity contribution in [3.63, 3.8) is 0 Å². The van der Waals surface area contributed by atoms with Gasteiger partial charge in [-0.2, -0.15) is 5.10 Å². The van der Waals surface area contributed by atoms with Gasteiger partial charge in [-0.25, -0.2) is 13.2 Å². The van der Waals surface area contributed by atoms with Gasteiger partial charge in [0.2, 0.25) is 9.84 Å². The molecule has 2 amide bonds. The largest absolute Gasteiger partial charge is 0.332 e. The van der Waals surface area contributed by atoms with E-state index in [2.05, 4.69) is 20.5 Å². The molecule has 4 rings (SSSR count). The zero-order valence-corrected chi connectivity index (χ0v) is 15.1. The van der Waals surface area contributed by atoms with E-state index in [9.17, 15) is 13.2 Å². The fourth-order valence-electron chi connectivity index (χ4n) is 2.90. The third kappa shape index (κ3) is 3.41. The van der Waals surface area contributed by atoms with Crippen LogP contribution in [0, 0.1) is 0 Å². The number of benzene rings is 1. The second-order valence-electron chi connectivity index (χ2n) is 6.19. The Morgan fingerprint density at radius 2 is 1.89 bits per heavy atom. The van der Waals surface area contributed by atoms with Gasteiger partial charge in [0.05, 0.1) is 47.0 Å². The van der Waals surface area contributed by atoms with E-state index in [0.29, 0.717) is 18.8 Å². The standard InChI is InChI=1S/C18H17N5O3S/c24-18(23-11-13-8-21-22-17(13)12-23)20-9-14-6-7-16(10-19-14)27(25,26)15-4-2-1-3-5-15/h1-8,10H,9,11-12H2,(H,20,24)(H,21,22). The van der Waals surface area contributed by atoms with Crippen molar-refractivity contribution in [2.75, 3.05) is 0 Å². The Kier molecular flexibility index (Phi) is 4.36. The molecule has 0 unspecified atom stereocenters. The molecule has 1 aliphatic rings. The number of aromatic amines is 1. The Hall–Kier alpha value is -3.20. The lowest BCUT2D eigenvalue weighted by atomic mass is 10.3. The van der Waals surface area contributed by atoms with Gasteiger partial charge in [0.1, 0.15) is 0 Å². The number of carbonyl (C=O) groups excluding carboxylic acids is 1. The van der Waals surface area contributed by atoms with Gasteiger partial charge in [-0.15, -0.1) is 0 Å². The highest BCUT2D eigenvalue weighted by Gasteiger charge is 2.24. The number of carbonyl (C=O) groups is 1. The van der Waals surface area contributed by atoms with Crippen molar-refractivity contribution < 1.29 is 13.2 Å². The molecule has 8 nitrogen and oxygen atoms in total. The molecule has 2 N–H and O–H groups in total. The molecule has 0 radical (unpaired) electrons. The summed E-state index contributed by atoms with van der Waals surface area (Å²) in [5.41, 5.74) is 2.53. The molecule has 0 spiro atoms. The van der Waals surface area contributed by atoms with Gasteiger partial charge < -0.3 is 10.2 Å². The van der Waals surface area contributed by atoms with Crippen LogP contribution >= 0.6 is 0 Å². The van der Waals surface area contributed by atoms with Crippen molar-refractivity contribution in [3.05, 3.63) is 71.8 Å². The molecular formula is C18H17N5O3S. The van der Waals surface area contributed by atoms with Crippen molar-refractivity contribution >= 4 is 15.9 Å². The maximum absolute atomic E-state index is 12.5. The van der Waals surface area contributed by atoms with Crippen molar-refractivity contribution in [2.45, 2.75) is 29.4 Å². The molecule has 1 aliphatic heterocycles. The molecule has 0 aliphatic carbocycles. The zero-order chi connectivity index (χ0) is 18.9. The van der Waals surface area contributed by atoms with Gasteiger partial charge in [0.15, 0.2) is 0 Å². The maximum Gasteiger partial charge on any atom is 0.318 e. The summed E-state index contributed by atoms with van der Waals surface area (Å²) in [6.45, 7) is 1.22. The highest BCUT2D eigenvalue weighted by atomic mass is 32.2. The van der Waals surface area contributed by atoms with Crippen LogP contribution in [0.5, 0.6) is 0 Å². The number of hydrogen-bond donors (Lipinski definition) is 2. The summed E-state index contributed by atoms with van der Waals surface area (Å²) >= 11 is 0. The van der Waals surface area contributed by atoms with Crippen molar-refractivity contribution in [2.24, 2.45) is 0 Å². The molecule has 0 atom stereocenters. The predicted molar refractivity (Wildman–Crippen MR) is 96.2 cm³/mol. The molecular weight excluding hydrogens is 366 g/mol. The van der Waals surface area contributed by atoms with Crippen LogP contribution in [0.3, 0.4) is 0 Å². The number of pyridine rings is 1. The number of hydrogen-bond acceptors (Lipinski definition) is 5. The molecule has 9 heteroatoms. The molecule has 0 saturated heterocycles. The van der Waals surface area contributed by atoms with Gasteiger partial charge in [0, 0.05) is 11.8 Å². The van der Waals surface area contributed by atoms with Crippen LogP contribution in [0.2, 0.25) is 0 Å². The Bertz CT molecular complexity index is 1040. The summed E-state index contributed by atoms with van der Waals surface area (Å²) < 4.78 is 25.1. The smallest absolute Gasteiger partial charge is 0.318 e. The van der Waals surface area contributed by atoms with Crippen LogP contribution in [-0.2, 0) is 29.5 Å². The third-order valence-corrected chi connectivity index (χ3v) is 6.14. The van der Waals surface area contributed by atoms with Gasteiger partial charge in [-0.3, -0.25) is 10.1 Å². The highest BCUT2D eigenvalue weighted by molar-refractivity contribution is 7.91. The lowest BCUT2D eigenvalue weighted by Crippen LogP contribution is -2.36. The molecule has 3 heterocycles. The lowest BCUT2D eigenvalue weighted by Gasteiger charge is -2.16. The van der Waals surface area contributed by atoms with Crippen molar-refractivity contribution in [1.29, 1.82) is 0 Å². The first-order valence-electron chi connectivity index (χ1n) is 8.33. The number of amides is 2. The van der Waals surface area contributed by atoms with Gasteiger partial charge in [-0.1, -0.05) is 18.2 Å². The topological polar surface area (TPSA) is 108 Å². The zero-order valence-electron chi connectivity index (χ0n) is 14.3. The van der Waals surface area contributed by atoms with Crippen molar-refractivity contribution in [3.8, 4) is 0 Å². The van der Waals surface area contributed by atoms with E-state index in [1.54, 1.807) is 47.5 Å². The first-order chi connectivity index (χ1) is 13.0. The number of rotatable bonds is 4. The number of sulfone groups is 1. The Morgan fingerprint density at radius 1 is 1.07 bits per heavy atom. The summed E-state index contributed by atoms with van der Waals surface area (Å²) in [5, 5.41) is 9.60. The van der Waals surface area contributed by atoms with E-state index in [1.807, 2.05) is 0 Å². The average molecular weight is 383 g/mol. The Balaban J connectivity index is 1.38. The molecule has 27 heavy (non-hydrogen) atoms. The van der Waals surface area contributed by atoms with E-state index in [4.69, 9.17) is 0 Å². The minimum absolute atomic E-state index is 0.120. The number of aromatic nitrogens is 3. The van der Waals surface area contributed by atoms with Crippen LogP contribution in [0.4, 0.5) is 4.79 Å². The monoisotopic (exact) mass is 383 g/mol. The highest BCUT2D eigenvalue weighted by Crippen LogP contribution is 2.21. The first kappa shape index (κ1) is 17.2. The summed E-state index contributed by atoms with van der Waals surface area (Å²) in [6.07, 6.45) is 3.03. The second kappa shape index (κ2) is 6.84. The molecule has 0 saturated carbocycles. The molecule has 2 aromatic heterocycles. The molecule has 1 aromatic carbocycles. The molecule has 138 valence electrons. The summed E-state index contributed by atoms with van der Waals surface area (Å²) in [5.74, 6) is 0. The minimum Gasteiger partial charge on any atom is -0.332 e. The van der Waals surface area contributed by atoms with Crippen molar-refractivity contribution in [1.82, 2.24) is 25.4 Å². The fourth-order valence-corrected chi connectivity index (χ4v) is 4.12. The van der Waals surface area contributed by atoms with Gasteiger partial charge in [0.25, 0.3) is 0 Å². The SMILES string of the molecule is O=C(NCc1ccc(S(=O)(=O)c2ccccc2)cn1)N1Cc2cn[nH]c2C1.